The molecule has 0 aliphatic heterocycles. The summed E-state index contributed by atoms with van der Waals surface area (Å²) in [6, 6.07) is 15.4. The van der Waals surface area contributed by atoms with Crippen molar-refractivity contribution in [2.45, 2.75) is 49.9 Å². The summed E-state index contributed by atoms with van der Waals surface area (Å²) in [5, 5.41) is 37.7. The Labute approximate surface area is 279 Å². The maximum atomic E-state index is 13.9. The van der Waals surface area contributed by atoms with Crippen molar-refractivity contribution >= 4 is 51.5 Å². The van der Waals surface area contributed by atoms with E-state index in [9.17, 15) is 39.3 Å². The first-order valence-corrected chi connectivity index (χ1v) is 15.5. The average molecular weight is 669 g/mol. The second kappa shape index (κ2) is 15.2. The third-order valence-electron chi connectivity index (χ3n) is 8.19. The first-order chi connectivity index (χ1) is 23.5. The topological polar surface area (TPSA) is 240 Å². The number of H-pyrrole nitrogens is 2. The Morgan fingerprint density at radius 1 is 0.633 bits per heavy atom. The summed E-state index contributed by atoms with van der Waals surface area (Å²) in [4.78, 5) is 70.2. The Morgan fingerprint density at radius 3 is 1.67 bits per heavy atom. The zero-order valence-corrected chi connectivity index (χ0v) is 26.2. The number of benzene rings is 3. The lowest BCUT2D eigenvalue weighted by atomic mass is 10.0. The van der Waals surface area contributed by atoms with Crippen molar-refractivity contribution in [2.75, 3.05) is 0 Å². The van der Waals surface area contributed by atoms with Crippen LogP contribution in [0.3, 0.4) is 0 Å². The van der Waals surface area contributed by atoms with E-state index in [2.05, 4.69) is 25.9 Å². The summed E-state index contributed by atoms with van der Waals surface area (Å²) in [7, 11) is 0. The van der Waals surface area contributed by atoms with Gasteiger partial charge in [0.2, 0.25) is 17.7 Å². The quantitative estimate of drug-likeness (QED) is 0.0788. The molecule has 3 amide bonds. The van der Waals surface area contributed by atoms with Crippen LogP contribution >= 0.6 is 0 Å². The van der Waals surface area contributed by atoms with Crippen LogP contribution in [0.25, 0.3) is 21.8 Å². The zero-order valence-electron chi connectivity index (χ0n) is 26.2. The zero-order chi connectivity index (χ0) is 35.1. The Bertz CT molecular complexity index is 1980. The molecule has 14 heteroatoms. The molecule has 0 aliphatic rings. The maximum Gasteiger partial charge on any atom is 0.326 e. The number of carboxylic acid groups (broad SMARTS) is 2. The second-order valence-electron chi connectivity index (χ2n) is 11.7. The van der Waals surface area contributed by atoms with Crippen molar-refractivity contribution in [3.63, 3.8) is 0 Å². The molecule has 5 aromatic rings. The number of phenolic OH excluding ortho intramolecular Hbond substituents is 1. The number of hydrogen-bond acceptors (Lipinski definition) is 7. The van der Waals surface area contributed by atoms with Gasteiger partial charge in [0, 0.05) is 47.0 Å². The molecule has 5 rings (SSSR count). The lowest BCUT2D eigenvalue weighted by Crippen LogP contribution is -2.58. The van der Waals surface area contributed by atoms with Gasteiger partial charge >= 0.3 is 11.9 Å². The monoisotopic (exact) mass is 668 g/mol. The molecule has 0 saturated carbocycles. The van der Waals surface area contributed by atoms with Crippen LogP contribution in [0.2, 0.25) is 0 Å². The number of aromatic nitrogens is 2. The van der Waals surface area contributed by atoms with E-state index in [1.807, 2.05) is 42.5 Å². The number of carbonyl (C=O) groups is 5. The van der Waals surface area contributed by atoms with E-state index in [-0.39, 0.29) is 25.0 Å². The number of aliphatic carboxylic acids is 2. The number of aromatic hydroxyl groups is 1. The molecule has 0 spiro atoms. The molecule has 254 valence electrons. The normalized spacial score (nSPS) is 13.7. The fourth-order valence-electron chi connectivity index (χ4n) is 5.63. The molecule has 14 nitrogen and oxygen atoms in total. The van der Waals surface area contributed by atoms with Crippen molar-refractivity contribution in [1.82, 2.24) is 25.9 Å². The van der Waals surface area contributed by atoms with Gasteiger partial charge in [-0.1, -0.05) is 48.5 Å². The number of amides is 3. The number of nitrogens with two attached hydrogens (primary N) is 1. The smallest absolute Gasteiger partial charge is 0.326 e. The number of aromatic amines is 2. The Morgan fingerprint density at radius 2 is 1.12 bits per heavy atom. The number of para-hydroxylation sites is 2. The van der Waals surface area contributed by atoms with E-state index in [4.69, 9.17) is 5.73 Å². The highest BCUT2D eigenvalue weighted by molar-refractivity contribution is 5.96. The summed E-state index contributed by atoms with van der Waals surface area (Å²) < 4.78 is 0. The van der Waals surface area contributed by atoms with Crippen LogP contribution in [-0.4, -0.2) is 79.1 Å². The summed E-state index contributed by atoms with van der Waals surface area (Å²) in [5.41, 5.74) is 9.97. The molecule has 0 bridgehead atoms. The maximum absolute atomic E-state index is 13.9. The highest BCUT2D eigenvalue weighted by atomic mass is 16.4. The second-order valence-corrected chi connectivity index (χ2v) is 11.7. The van der Waals surface area contributed by atoms with E-state index in [1.165, 1.54) is 12.1 Å². The molecular formula is C35H36N6O8. The van der Waals surface area contributed by atoms with Gasteiger partial charge in [0.05, 0.1) is 12.5 Å². The lowest BCUT2D eigenvalue weighted by molar-refractivity contribution is -0.147. The van der Waals surface area contributed by atoms with E-state index in [0.717, 1.165) is 27.4 Å². The van der Waals surface area contributed by atoms with Gasteiger partial charge in [-0.3, -0.25) is 19.2 Å². The SMILES string of the molecule is NC(Cc1c[nH]c2ccccc12)C(=O)NC(Cc1ccc(O)cc1)C(=O)NC(Cc1c[nH]c2ccccc12)C(=O)NC(CC(=O)O)C(=O)O. The van der Waals surface area contributed by atoms with Gasteiger partial charge in [-0.15, -0.1) is 0 Å². The summed E-state index contributed by atoms with van der Waals surface area (Å²) in [6.45, 7) is 0. The molecule has 0 fully saturated rings. The van der Waals surface area contributed by atoms with Gasteiger partial charge in [-0.25, -0.2) is 4.79 Å². The number of carboxylic acids is 2. The fourth-order valence-corrected chi connectivity index (χ4v) is 5.63. The molecule has 0 aliphatic carbocycles. The average Bonchev–Trinajstić information content (AvgIpc) is 3.68. The van der Waals surface area contributed by atoms with Gasteiger partial charge < -0.3 is 47.0 Å². The van der Waals surface area contributed by atoms with Crippen LogP contribution in [-0.2, 0) is 43.2 Å². The van der Waals surface area contributed by atoms with Crippen molar-refractivity contribution in [2.24, 2.45) is 5.73 Å². The molecule has 2 aromatic heterocycles. The van der Waals surface area contributed by atoms with Crippen molar-refractivity contribution in [3.05, 3.63) is 102 Å². The Balaban J connectivity index is 1.39. The van der Waals surface area contributed by atoms with E-state index < -0.39 is 60.2 Å². The molecule has 4 unspecified atom stereocenters. The number of carbonyl (C=O) groups excluding carboxylic acids is 3. The first-order valence-electron chi connectivity index (χ1n) is 15.5. The molecular weight excluding hydrogens is 632 g/mol. The molecule has 10 N–H and O–H groups in total. The summed E-state index contributed by atoms with van der Waals surface area (Å²) in [5.74, 6) is -5.34. The van der Waals surface area contributed by atoms with Gasteiger partial charge in [0.15, 0.2) is 0 Å². The Kier molecular flexibility index (Phi) is 10.6. The predicted octanol–water partition coefficient (Wildman–Crippen LogP) is 1.72. The number of fused-ring (bicyclic) bond motifs is 2. The molecule has 3 aromatic carbocycles. The minimum absolute atomic E-state index is 0.000604. The third kappa shape index (κ3) is 8.61. The van der Waals surface area contributed by atoms with Crippen LogP contribution in [0.5, 0.6) is 5.75 Å². The third-order valence-corrected chi connectivity index (χ3v) is 8.19. The van der Waals surface area contributed by atoms with Gasteiger partial charge in [-0.05, 0) is 47.4 Å². The van der Waals surface area contributed by atoms with Crippen LogP contribution in [0, 0.1) is 0 Å². The minimum atomic E-state index is -1.76. The van der Waals surface area contributed by atoms with E-state index in [1.54, 1.807) is 30.6 Å². The summed E-state index contributed by atoms with van der Waals surface area (Å²) >= 11 is 0. The highest BCUT2D eigenvalue weighted by Gasteiger charge is 2.32. The summed E-state index contributed by atoms with van der Waals surface area (Å²) in [6.07, 6.45) is 2.55. The molecule has 0 saturated heterocycles. The van der Waals surface area contributed by atoms with Crippen LogP contribution < -0.4 is 21.7 Å². The van der Waals surface area contributed by atoms with Crippen molar-refractivity contribution < 1.29 is 39.3 Å². The lowest BCUT2D eigenvalue weighted by Gasteiger charge is -2.25. The predicted molar refractivity (Wildman–Crippen MR) is 179 cm³/mol. The Hall–Kier alpha value is -6.15. The molecule has 2 heterocycles. The van der Waals surface area contributed by atoms with Gasteiger partial charge in [0.25, 0.3) is 0 Å². The molecule has 49 heavy (non-hydrogen) atoms. The van der Waals surface area contributed by atoms with Crippen molar-refractivity contribution in [1.29, 1.82) is 0 Å². The minimum Gasteiger partial charge on any atom is -0.508 e. The highest BCUT2D eigenvalue weighted by Crippen LogP contribution is 2.21. The largest absolute Gasteiger partial charge is 0.508 e. The van der Waals surface area contributed by atoms with Gasteiger partial charge in [-0.2, -0.15) is 0 Å². The molecule has 0 radical (unpaired) electrons. The van der Waals surface area contributed by atoms with Crippen LogP contribution in [0.1, 0.15) is 23.1 Å². The molecule has 4 atom stereocenters. The van der Waals surface area contributed by atoms with Gasteiger partial charge in [0.1, 0.15) is 23.9 Å². The number of nitrogens with one attached hydrogen (secondary N) is 5. The fraction of sp³-hybridized carbons (Fsp3) is 0.229. The van der Waals surface area contributed by atoms with Crippen LogP contribution in [0.4, 0.5) is 0 Å². The van der Waals surface area contributed by atoms with Crippen LogP contribution in [0.15, 0.2) is 85.2 Å². The number of rotatable bonds is 15. The first kappa shape index (κ1) is 34.2. The van der Waals surface area contributed by atoms with E-state index >= 15 is 0 Å². The number of phenols is 1. The van der Waals surface area contributed by atoms with Crippen molar-refractivity contribution in [3.8, 4) is 5.75 Å². The van der Waals surface area contributed by atoms with E-state index in [0.29, 0.717) is 11.1 Å². The standard InChI is InChI=1S/C35H36N6O8/c36-25(14-20-17-37-26-7-3-1-5-23(20)26)32(45)39-28(13-19-9-11-22(42)12-10-19)33(46)40-29(34(47)41-30(35(48)49)16-31(43)44)15-21-18-38-27-8-4-2-6-24(21)27/h1-12,17-18,25,28-30,37-38,42H,13-16,36H2,(H,39,45)(H,40,46)(H,41,47)(H,43,44)(H,48,49). The number of hydrogen-bond donors (Lipinski definition) is 9.